The van der Waals surface area contributed by atoms with Gasteiger partial charge in [-0.3, -0.25) is 14.3 Å². The van der Waals surface area contributed by atoms with Gasteiger partial charge in [-0.05, 0) is 35.4 Å². The second kappa shape index (κ2) is 10.7. The average molecular weight is 505 g/mol. The van der Waals surface area contributed by atoms with Crippen LogP contribution in [0.15, 0.2) is 65.8 Å². The van der Waals surface area contributed by atoms with E-state index in [0.717, 1.165) is 10.1 Å². The first kappa shape index (κ1) is 25.1. The Balaban J connectivity index is 1.32. The molecular weight excluding hydrogens is 483 g/mol. The van der Waals surface area contributed by atoms with Crippen molar-refractivity contribution in [1.29, 1.82) is 0 Å². The van der Waals surface area contributed by atoms with Crippen molar-refractivity contribution >= 4 is 11.7 Å². The molecular formula is C23H22F3N5O5. The fraction of sp³-hybridized carbons (Fsp3) is 0.304. The molecule has 10 nitrogen and oxygen atoms in total. The lowest BCUT2D eigenvalue weighted by Gasteiger charge is -2.17. The molecule has 36 heavy (non-hydrogen) atoms. The predicted octanol–water partition coefficient (Wildman–Crippen LogP) is 2.11. The van der Waals surface area contributed by atoms with Crippen LogP contribution in [0, 0.1) is 0 Å². The zero-order valence-electron chi connectivity index (χ0n) is 18.7. The largest absolute Gasteiger partial charge is 0.573 e. The summed E-state index contributed by atoms with van der Waals surface area (Å²) in [5.41, 5.74) is 0.717. The zero-order chi connectivity index (χ0) is 25.7. The molecule has 1 amide bonds. The Morgan fingerprint density at radius 1 is 1.17 bits per heavy atom. The predicted molar refractivity (Wildman–Crippen MR) is 120 cm³/mol. The minimum atomic E-state index is -4.77. The fourth-order valence-electron chi connectivity index (χ4n) is 3.58. The third-order valence-corrected chi connectivity index (χ3v) is 5.31. The number of nitrogens with one attached hydrogen (secondary N) is 2. The van der Waals surface area contributed by atoms with Crippen LogP contribution >= 0.6 is 0 Å². The molecule has 1 aliphatic rings. The van der Waals surface area contributed by atoms with E-state index in [1.54, 1.807) is 24.5 Å². The minimum absolute atomic E-state index is 0.00400. The third-order valence-electron chi connectivity index (χ3n) is 5.31. The van der Waals surface area contributed by atoms with Crippen LogP contribution in [-0.2, 0) is 22.6 Å². The second-order valence-electron chi connectivity index (χ2n) is 7.95. The second-order valence-corrected chi connectivity index (χ2v) is 7.95. The highest BCUT2D eigenvalue weighted by Gasteiger charge is 2.39. The minimum Gasteiger partial charge on any atom is -0.406 e. The normalized spacial score (nSPS) is 19.6. The summed E-state index contributed by atoms with van der Waals surface area (Å²) in [6.07, 6.45) is -3.29. The first-order valence-corrected chi connectivity index (χ1v) is 10.9. The van der Waals surface area contributed by atoms with E-state index in [1.165, 1.54) is 36.5 Å². The lowest BCUT2D eigenvalue weighted by molar-refractivity contribution is -0.274. The Morgan fingerprint density at radius 2 is 1.94 bits per heavy atom. The maximum Gasteiger partial charge on any atom is 0.573 e. The van der Waals surface area contributed by atoms with Gasteiger partial charge in [0, 0.05) is 38.1 Å². The van der Waals surface area contributed by atoms with Crippen molar-refractivity contribution in [1.82, 2.24) is 19.9 Å². The lowest BCUT2D eigenvalue weighted by atomic mass is 10.2. The molecule has 3 aromatic rings. The van der Waals surface area contributed by atoms with Crippen LogP contribution in [0.25, 0.3) is 0 Å². The number of hydrogen-bond donors (Lipinski definition) is 3. The average Bonchev–Trinajstić information content (AvgIpc) is 3.23. The number of halogens is 3. The van der Waals surface area contributed by atoms with Crippen molar-refractivity contribution in [2.45, 2.75) is 44.3 Å². The highest BCUT2D eigenvalue weighted by atomic mass is 19.4. The Morgan fingerprint density at radius 3 is 2.61 bits per heavy atom. The molecule has 1 aliphatic heterocycles. The van der Waals surface area contributed by atoms with Gasteiger partial charge >= 0.3 is 12.1 Å². The van der Waals surface area contributed by atoms with Crippen LogP contribution in [0.2, 0.25) is 0 Å². The van der Waals surface area contributed by atoms with E-state index in [4.69, 9.17) is 4.74 Å². The summed E-state index contributed by atoms with van der Waals surface area (Å²) in [5, 5.41) is 16.0. The van der Waals surface area contributed by atoms with Crippen molar-refractivity contribution in [3.05, 3.63) is 82.7 Å². The number of pyridine rings is 1. The molecule has 0 saturated carbocycles. The van der Waals surface area contributed by atoms with E-state index >= 15 is 0 Å². The standard InChI is InChI=1S/C23H22F3N5O5/c24-23(25,26)36-16-5-3-14(4-6-16)12-28-19-7-9-31(22(34)30-19)21-17(32)10-18(35-21)20(33)29-13-15-2-1-8-27-11-15/h1-9,11,17-18,21,32H,10,12-13H2,(H,29,33)(H,28,30,34)/t17?,18-,21+/m0/s1. The van der Waals surface area contributed by atoms with Gasteiger partial charge in [-0.15, -0.1) is 13.2 Å². The number of carbonyl (C=O) groups is 1. The number of nitrogens with zero attached hydrogens (tertiary/aromatic N) is 3. The summed E-state index contributed by atoms with van der Waals surface area (Å²) < 4.78 is 47.3. The summed E-state index contributed by atoms with van der Waals surface area (Å²) >= 11 is 0. The van der Waals surface area contributed by atoms with E-state index in [0.29, 0.717) is 5.56 Å². The van der Waals surface area contributed by atoms with E-state index in [1.807, 2.05) is 0 Å². The molecule has 3 atom stereocenters. The molecule has 0 spiro atoms. The molecule has 1 unspecified atom stereocenters. The smallest absolute Gasteiger partial charge is 0.406 e. The number of carbonyl (C=O) groups excluding carboxylic acids is 1. The van der Waals surface area contributed by atoms with Crippen LogP contribution in [0.4, 0.5) is 19.0 Å². The molecule has 1 fully saturated rings. The van der Waals surface area contributed by atoms with Crippen molar-refractivity contribution in [2.75, 3.05) is 5.32 Å². The van der Waals surface area contributed by atoms with Gasteiger partial charge in [-0.2, -0.15) is 4.98 Å². The quantitative estimate of drug-likeness (QED) is 0.425. The van der Waals surface area contributed by atoms with Crippen LogP contribution in [0.3, 0.4) is 0 Å². The molecule has 1 saturated heterocycles. The van der Waals surface area contributed by atoms with Gasteiger partial charge in [0.05, 0.1) is 0 Å². The molecule has 2 aromatic heterocycles. The number of aromatic nitrogens is 3. The van der Waals surface area contributed by atoms with E-state index in [9.17, 15) is 27.9 Å². The Bertz CT molecular complexity index is 1240. The molecule has 13 heteroatoms. The number of aliphatic hydroxyl groups excluding tert-OH is 1. The van der Waals surface area contributed by atoms with Gasteiger partial charge in [0.1, 0.15) is 23.8 Å². The van der Waals surface area contributed by atoms with Crippen LogP contribution in [-0.4, -0.2) is 44.1 Å². The highest BCUT2D eigenvalue weighted by Crippen LogP contribution is 2.28. The van der Waals surface area contributed by atoms with Crippen LogP contribution < -0.4 is 21.1 Å². The third kappa shape index (κ3) is 6.58. The molecule has 3 heterocycles. The number of anilines is 1. The monoisotopic (exact) mass is 505 g/mol. The van der Waals surface area contributed by atoms with Gasteiger partial charge < -0.3 is 25.2 Å². The molecule has 0 aliphatic carbocycles. The fourth-order valence-corrected chi connectivity index (χ4v) is 3.58. The van der Waals surface area contributed by atoms with Gasteiger partial charge in [-0.1, -0.05) is 18.2 Å². The van der Waals surface area contributed by atoms with Crippen molar-refractivity contribution in [3.63, 3.8) is 0 Å². The highest BCUT2D eigenvalue weighted by molar-refractivity contribution is 5.81. The first-order chi connectivity index (χ1) is 17.2. The first-order valence-electron chi connectivity index (χ1n) is 10.9. The number of ether oxygens (including phenoxy) is 2. The van der Waals surface area contributed by atoms with Crippen molar-refractivity contribution in [3.8, 4) is 5.75 Å². The molecule has 0 bridgehead atoms. The number of amides is 1. The summed E-state index contributed by atoms with van der Waals surface area (Å²) in [5.74, 6) is -0.553. The number of alkyl halides is 3. The van der Waals surface area contributed by atoms with Gasteiger partial charge in [-0.25, -0.2) is 4.79 Å². The van der Waals surface area contributed by atoms with Crippen molar-refractivity contribution < 1.29 is 32.5 Å². The summed E-state index contributed by atoms with van der Waals surface area (Å²) in [6, 6.07) is 10.3. The SMILES string of the molecule is O=C(NCc1cccnc1)[C@@H]1CC(O)[C@H](n2ccc(NCc3ccc(OC(F)(F)F)cc3)nc2=O)O1. The molecule has 1 aromatic carbocycles. The summed E-state index contributed by atoms with van der Waals surface area (Å²) in [7, 11) is 0. The number of hydrogen-bond acceptors (Lipinski definition) is 8. The molecule has 3 N–H and O–H groups in total. The Hall–Kier alpha value is -3.97. The molecule has 190 valence electrons. The van der Waals surface area contributed by atoms with Gasteiger partial charge in [0.25, 0.3) is 0 Å². The number of rotatable bonds is 8. The summed E-state index contributed by atoms with van der Waals surface area (Å²) in [6.45, 7) is 0.428. The topological polar surface area (TPSA) is 128 Å². The van der Waals surface area contributed by atoms with Crippen LogP contribution in [0.1, 0.15) is 23.8 Å². The van der Waals surface area contributed by atoms with Gasteiger partial charge in [0.15, 0.2) is 6.23 Å². The molecule has 0 radical (unpaired) electrons. The lowest BCUT2D eigenvalue weighted by Crippen LogP contribution is -2.35. The van der Waals surface area contributed by atoms with Crippen LogP contribution in [0.5, 0.6) is 5.75 Å². The maximum atomic E-state index is 12.5. The van der Waals surface area contributed by atoms with E-state index in [2.05, 4.69) is 25.3 Å². The number of benzene rings is 1. The Labute approximate surface area is 202 Å². The van der Waals surface area contributed by atoms with Gasteiger partial charge in [0.2, 0.25) is 5.91 Å². The zero-order valence-corrected chi connectivity index (χ0v) is 18.7. The molecule has 4 rings (SSSR count). The maximum absolute atomic E-state index is 12.5. The van der Waals surface area contributed by atoms with E-state index in [-0.39, 0.29) is 31.1 Å². The van der Waals surface area contributed by atoms with Crippen molar-refractivity contribution in [2.24, 2.45) is 0 Å². The summed E-state index contributed by atoms with van der Waals surface area (Å²) in [4.78, 5) is 32.9. The van der Waals surface area contributed by atoms with E-state index < -0.39 is 36.4 Å². The Kier molecular flexibility index (Phi) is 7.50. The number of aliphatic hydroxyl groups is 1.